The molecule has 0 saturated carbocycles. The zero-order valence-electron chi connectivity index (χ0n) is 10.2. The minimum Gasteiger partial charge on any atom is -0.478 e. The molecule has 0 heterocycles. The van der Waals surface area contributed by atoms with Crippen LogP contribution in [-0.2, 0) is 0 Å². The van der Waals surface area contributed by atoms with Gasteiger partial charge in [-0.1, -0.05) is 12.1 Å². The Labute approximate surface area is 127 Å². The van der Waals surface area contributed by atoms with E-state index in [2.05, 4.69) is 0 Å². The van der Waals surface area contributed by atoms with E-state index < -0.39 is 11.9 Å². The summed E-state index contributed by atoms with van der Waals surface area (Å²) >= 11 is 0. The molecule has 2 N–H and O–H groups in total. The zero-order chi connectivity index (χ0) is 11.7. The zero-order valence-corrected chi connectivity index (χ0v) is 10.2. The third kappa shape index (κ3) is 3.42. The summed E-state index contributed by atoms with van der Waals surface area (Å²) in [5.74, 6) is -1.99. The molecule has 2 rings (SSSR count). The molecule has 0 atom stereocenters. The number of carbonyl (C=O) groups is 2. The summed E-state index contributed by atoms with van der Waals surface area (Å²) in [4.78, 5) is 21.5. The van der Waals surface area contributed by atoms with Crippen molar-refractivity contribution in [3.63, 3.8) is 0 Å². The molecule has 0 bridgehead atoms. The van der Waals surface area contributed by atoms with Gasteiger partial charge in [-0.25, -0.2) is 9.59 Å². The molecule has 0 spiro atoms. The van der Waals surface area contributed by atoms with Gasteiger partial charge < -0.3 is 10.2 Å². The number of hydrogen-bond acceptors (Lipinski definition) is 2. The van der Waals surface area contributed by atoms with Gasteiger partial charge in [0.05, 0.1) is 11.1 Å². The maximum atomic E-state index is 10.7. The van der Waals surface area contributed by atoms with E-state index in [-0.39, 0.29) is 48.8 Å². The van der Waals surface area contributed by atoms with E-state index in [0.717, 1.165) is 0 Å². The minimum absolute atomic E-state index is 0. The second-order valence-corrected chi connectivity index (χ2v) is 3.39. The topological polar surface area (TPSA) is 74.6 Å². The van der Waals surface area contributed by atoms with Crippen molar-refractivity contribution in [3.05, 3.63) is 47.5 Å². The summed E-state index contributed by atoms with van der Waals surface area (Å²) in [6, 6.07) is 9.15. The van der Waals surface area contributed by atoms with Gasteiger partial charge in [0.1, 0.15) is 0 Å². The van der Waals surface area contributed by atoms with E-state index in [0.29, 0.717) is 10.8 Å². The monoisotopic (exact) mass is 230 g/mol. The second kappa shape index (κ2) is 6.68. The molecule has 0 aromatic heterocycles. The Morgan fingerprint density at radius 1 is 0.722 bits per heavy atom. The normalized spacial score (nSPS) is 9.11. The molecule has 2 aromatic rings. The SMILES string of the molecule is O=C(O)c1ccc2cc(C(=O)O)ccc2c1.[Li].[Li]. The summed E-state index contributed by atoms with van der Waals surface area (Å²) in [5.41, 5.74) is 0.381. The first-order valence-corrected chi connectivity index (χ1v) is 4.58. The Hall–Kier alpha value is -1.17. The van der Waals surface area contributed by atoms with Crippen LogP contribution in [0.5, 0.6) is 0 Å². The van der Waals surface area contributed by atoms with Gasteiger partial charge in [0, 0.05) is 37.7 Å². The predicted octanol–water partition coefficient (Wildman–Crippen LogP) is 1.47. The van der Waals surface area contributed by atoms with Crippen LogP contribution in [0, 0.1) is 0 Å². The van der Waals surface area contributed by atoms with Crippen LogP contribution in [0.25, 0.3) is 10.8 Å². The molecular formula is C12H8Li2O4. The number of carboxylic acid groups (broad SMARTS) is 2. The molecule has 0 saturated heterocycles. The van der Waals surface area contributed by atoms with Crippen LogP contribution in [-0.4, -0.2) is 59.9 Å². The number of hydrogen-bond donors (Lipinski definition) is 2. The molecule has 0 amide bonds. The van der Waals surface area contributed by atoms with Crippen LogP contribution < -0.4 is 0 Å². The first kappa shape index (κ1) is 16.8. The fraction of sp³-hybridized carbons (Fsp3) is 0. The molecule has 0 unspecified atom stereocenters. The van der Waals surface area contributed by atoms with Gasteiger partial charge in [-0.15, -0.1) is 0 Å². The summed E-state index contributed by atoms with van der Waals surface area (Å²) in [6.45, 7) is 0. The molecule has 0 aliphatic carbocycles. The number of carboxylic acids is 2. The maximum Gasteiger partial charge on any atom is 0.335 e. The molecule has 2 radical (unpaired) electrons. The van der Waals surface area contributed by atoms with Crippen molar-refractivity contribution in [2.75, 3.05) is 0 Å². The Morgan fingerprint density at radius 3 is 1.33 bits per heavy atom. The molecule has 2 aromatic carbocycles. The van der Waals surface area contributed by atoms with Crippen molar-refractivity contribution >= 4 is 60.4 Å². The van der Waals surface area contributed by atoms with Crippen LogP contribution in [0.2, 0.25) is 0 Å². The van der Waals surface area contributed by atoms with Crippen molar-refractivity contribution in [1.29, 1.82) is 0 Å². The number of rotatable bonds is 2. The third-order valence-corrected chi connectivity index (χ3v) is 2.33. The van der Waals surface area contributed by atoms with Crippen molar-refractivity contribution < 1.29 is 19.8 Å². The van der Waals surface area contributed by atoms with E-state index in [1.54, 1.807) is 12.1 Å². The Kier molecular flexibility index (Phi) is 6.25. The molecule has 0 aliphatic rings. The molecule has 0 aliphatic heterocycles. The van der Waals surface area contributed by atoms with Crippen LogP contribution in [0.3, 0.4) is 0 Å². The predicted molar refractivity (Wildman–Crippen MR) is 69.4 cm³/mol. The Bertz CT molecular complexity index is 542. The van der Waals surface area contributed by atoms with E-state index in [1.807, 2.05) is 0 Å². The van der Waals surface area contributed by atoms with Crippen molar-refractivity contribution in [3.8, 4) is 0 Å². The molecule has 6 heteroatoms. The van der Waals surface area contributed by atoms with Crippen molar-refractivity contribution in [1.82, 2.24) is 0 Å². The van der Waals surface area contributed by atoms with E-state index >= 15 is 0 Å². The summed E-state index contributed by atoms with van der Waals surface area (Å²) in [6.07, 6.45) is 0. The molecule has 4 nitrogen and oxygen atoms in total. The van der Waals surface area contributed by atoms with Crippen LogP contribution in [0.1, 0.15) is 20.7 Å². The standard InChI is InChI=1S/C12H8O4.2Li/c13-11(14)9-3-1-7-5-10(12(15)16)4-2-8(7)6-9;;/h1-6H,(H,13,14)(H,15,16);;. The van der Waals surface area contributed by atoms with Gasteiger partial charge in [0.25, 0.3) is 0 Å². The van der Waals surface area contributed by atoms with Crippen LogP contribution in [0.15, 0.2) is 36.4 Å². The van der Waals surface area contributed by atoms with Crippen LogP contribution in [0.4, 0.5) is 0 Å². The number of aromatic carboxylic acids is 2. The third-order valence-electron chi connectivity index (χ3n) is 2.33. The Morgan fingerprint density at radius 2 is 1.06 bits per heavy atom. The van der Waals surface area contributed by atoms with Gasteiger partial charge in [0.15, 0.2) is 0 Å². The first-order valence-electron chi connectivity index (χ1n) is 4.58. The second-order valence-electron chi connectivity index (χ2n) is 3.39. The van der Waals surface area contributed by atoms with Crippen molar-refractivity contribution in [2.45, 2.75) is 0 Å². The first-order chi connectivity index (χ1) is 7.58. The molecular weight excluding hydrogens is 222 g/mol. The molecule has 18 heavy (non-hydrogen) atoms. The molecule has 82 valence electrons. The minimum atomic E-state index is -0.996. The largest absolute Gasteiger partial charge is 0.478 e. The van der Waals surface area contributed by atoms with Gasteiger partial charge in [-0.3, -0.25) is 0 Å². The maximum absolute atomic E-state index is 10.7. The van der Waals surface area contributed by atoms with Gasteiger partial charge in [-0.05, 0) is 35.0 Å². The average Bonchev–Trinajstić information content (AvgIpc) is 2.27. The summed E-state index contributed by atoms with van der Waals surface area (Å²) in [5, 5.41) is 19.0. The van der Waals surface area contributed by atoms with Gasteiger partial charge in [-0.2, -0.15) is 0 Å². The fourth-order valence-electron chi connectivity index (χ4n) is 1.51. The van der Waals surface area contributed by atoms with Gasteiger partial charge >= 0.3 is 11.9 Å². The summed E-state index contributed by atoms with van der Waals surface area (Å²) in [7, 11) is 0. The quantitative estimate of drug-likeness (QED) is 0.766. The van der Waals surface area contributed by atoms with Crippen LogP contribution >= 0.6 is 0 Å². The van der Waals surface area contributed by atoms with Crippen molar-refractivity contribution in [2.24, 2.45) is 0 Å². The number of benzene rings is 2. The van der Waals surface area contributed by atoms with E-state index in [4.69, 9.17) is 10.2 Å². The van der Waals surface area contributed by atoms with Gasteiger partial charge in [0.2, 0.25) is 0 Å². The van der Waals surface area contributed by atoms with E-state index in [9.17, 15) is 9.59 Å². The Balaban J connectivity index is 0.00000144. The number of fused-ring (bicyclic) bond motifs is 1. The smallest absolute Gasteiger partial charge is 0.335 e. The fourth-order valence-corrected chi connectivity index (χ4v) is 1.51. The van der Waals surface area contributed by atoms with E-state index in [1.165, 1.54) is 24.3 Å². The average molecular weight is 230 g/mol. The summed E-state index contributed by atoms with van der Waals surface area (Å²) < 4.78 is 0. The molecule has 0 fully saturated rings.